The predicted molar refractivity (Wildman–Crippen MR) is 82.9 cm³/mol. The zero-order chi connectivity index (χ0) is 14.4. The molecule has 4 heteroatoms. The smallest absolute Gasteiger partial charge is 0.161 e. The van der Waals surface area contributed by atoms with Gasteiger partial charge in [-0.05, 0) is 36.8 Å². The predicted octanol–water partition coefficient (Wildman–Crippen LogP) is 4.36. The summed E-state index contributed by atoms with van der Waals surface area (Å²) in [6.07, 6.45) is 0. The zero-order valence-electron chi connectivity index (χ0n) is 11.7. The van der Waals surface area contributed by atoms with E-state index in [0.717, 1.165) is 22.7 Å². The summed E-state index contributed by atoms with van der Waals surface area (Å²) in [6.45, 7) is 3.24. The van der Waals surface area contributed by atoms with E-state index in [1.807, 2.05) is 49.4 Å². The number of benzene rings is 2. The first kappa shape index (κ1) is 14.5. The van der Waals surface area contributed by atoms with E-state index in [2.05, 4.69) is 5.32 Å². The lowest BCUT2D eigenvalue weighted by atomic mass is 10.2. The summed E-state index contributed by atoms with van der Waals surface area (Å²) in [5.74, 6) is 1.50. The first-order valence-electron chi connectivity index (χ1n) is 6.52. The maximum atomic E-state index is 6.11. The highest BCUT2D eigenvalue weighted by Crippen LogP contribution is 2.29. The summed E-state index contributed by atoms with van der Waals surface area (Å²) in [4.78, 5) is 0. The number of halogens is 1. The minimum atomic E-state index is 0.619. The zero-order valence-corrected chi connectivity index (χ0v) is 12.4. The van der Waals surface area contributed by atoms with Crippen LogP contribution in [0.1, 0.15) is 12.5 Å². The molecule has 0 saturated heterocycles. The molecule has 0 heterocycles. The number of hydrogen-bond donors (Lipinski definition) is 1. The van der Waals surface area contributed by atoms with Crippen molar-refractivity contribution >= 4 is 17.3 Å². The van der Waals surface area contributed by atoms with Gasteiger partial charge in [0.15, 0.2) is 11.5 Å². The Morgan fingerprint density at radius 3 is 2.60 bits per heavy atom. The molecule has 0 aromatic heterocycles. The molecule has 1 N–H and O–H groups in total. The van der Waals surface area contributed by atoms with Crippen molar-refractivity contribution in [1.29, 1.82) is 0 Å². The van der Waals surface area contributed by atoms with Crippen LogP contribution >= 0.6 is 11.6 Å². The van der Waals surface area contributed by atoms with Crippen molar-refractivity contribution in [3.63, 3.8) is 0 Å². The van der Waals surface area contributed by atoms with Gasteiger partial charge in [-0.3, -0.25) is 0 Å². The van der Waals surface area contributed by atoms with Crippen LogP contribution in [-0.4, -0.2) is 13.7 Å². The van der Waals surface area contributed by atoms with Crippen molar-refractivity contribution in [2.45, 2.75) is 13.5 Å². The van der Waals surface area contributed by atoms with E-state index < -0.39 is 0 Å². The number of para-hydroxylation sites is 1. The monoisotopic (exact) mass is 291 g/mol. The molecule has 106 valence electrons. The van der Waals surface area contributed by atoms with Crippen LogP contribution in [0.3, 0.4) is 0 Å². The van der Waals surface area contributed by atoms with Crippen molar-refractivity contribution in [2.75, 3.05) is 19.0 Å². The minimum absolute atomic E-state index is 0.619. The average molecular weight is 292 g/mol. The Morgan fingerprint density at radius 2 is 1.90 bits per heavy atom. The summed E-state index contributed by atoms with van der Waals surface area (Å²) in [5, 5.41) is 4.02. The lowest BCUT2D eigenvalue weighted by Gasteiger charge is -2.12. The molecular weight excluding hydrogens is 274 g/mol. The van der Waals surface area contributed by atoms with Gasteiger partial charge in [-0.1, -0.05) is 29.8 Å². The number of nitrogens with one attached hydrogen (secondary N) is 1. The van der Waals surface area contributed by atoms with Crippen LogP contribution in [0, 0.1) is 0 Å². The van der Waals surface area contributed by atoms with Gasteiger partial charge in [0.05, 0.1) is 24.4 Å². The normalized spacial score (nSPS) is 10.2. The molecule has 2 aromatic rings. The lowest BCUT2D eigenvalue weighted by molar-refractivity contribution is 0.310. The standard InChI is InChI=1S/C16H18ClNO2/c1-3-20-15-9-8-12(10-16(15)19-2)11-18-14-7-5-4-6-13(14)17/h4-10,18H,3,11H2,1-2H3. The quantitative estimate of drug-likeness (QED) is 0.858. The van der Waals surface area contributed by atoms with Crippen molar-refractivity contribution in [1.82, 2.24) is 0 Å². The van der Waals surface area contributed by atoms with Gasteiger partial charge in [-0.2, -0.15) is 0 Å². The maximum absolute atomic E-state index is 6.11. The second-order valence-electron chi connectivity index (χ2n) is 4.25. The highest BCUT2D eigenvalue weighted by Gasteiger charge is 2.05. The number of methoxy groups -OCH3 is 1. The van der Waals surface area contributed by atoms with Gasteiger partial charge in [-0.15, -0.1) is 0 Å². The Bertz CT molecular complexity index is 572. The van der Waals surface area contributed by atoms with Gasteiger partial charge >= 0.3 is 0 Å². The van der Waals surface area contributed by atoms with Crippen LogP contribution in [0.5, 0.6) is 11.5 Å². The molecule has 2 rings (SSSR count). The van der Waals surface area contributed by atoms with Gasteiger partial charge in [0.25, 0.3) is 0 Å². The van der Waals surface area contributed by atoms with E-state index in [1.165, 1.54) is 0 Å². The Morgan fingerprint density at radius 1 is 1.10 bits per heavy atom. The van der Waals surface area contributed by atoms with E-state index in [0.29, 0.717) is 18.2 Å². The fourth-order valence-corrected chi connectivity index (χ4v) is 2.10. The fraction of sp³-hybridized carbons (Fsp3) is 0.250. The van der Waals surface area contributed by atoms with Gasteiger partial charge in [0, 0.05) is 6.54 Å². The first-order chi connectivity index (χ1) is 9.74. The van der Waals surface area contributed by atoms with Crippen LogP contribution < -0.4 is 14.8 Å². The third-order valence-electron chi connectivity index (χ3n) is 2.88. The van der Waals surface area contributed by atoms with Crippen LogP contribution in [-0.2, 0) is 6.54 Å². The summed E-state index contributed by atoms with van der Waals surface area (Å²) >= 11 is 6.11. The summed E-state index contributed by atoms with van der Waals surface area (Å²) in [6, 6.07) is 13.6. The number of hydrogen-bond acceptors (Lipinski definition) is 3. The van der Waals surface area contributed by atoms with Crippen molar-refractivity contribution < 1.29 is 9.47 Å². The molecule has 0 fully saturated rings. The maximum Gasteiger partial charge on any atom is 0.161 e. The van der Waals surface area contributed by atoms with E-state index in [-0.39, 0.29) is 0 Å². The van der Waals surface area contributed by atoms with Crippen molar-refractivity contribution in [3.8, 4) is 11.5 Å². The molecule has 0 radical (unpaired) electrons. The SMILES string of the molecule is CCOc1ccc(CNc2ccccc2Cl)cc1OC. The molecule has 0 amide bonds. The van der Waals surface area contributed by atoms with Gasteiger partial charge in [0.1, 0.15) is 0 Å². The molecule has 0 aliphatic rings. The fourth-order valence-electron chi connectivity index (χ4n) is 1.90. The van der Waals surface area contributed by atoms with E-state index in [4.69, 9.17) is 21.1 Å². The molecule has 0 atom stereocenters. The molecule has 0 aliphatic carbocycles. The number of ether oxygens (including phenoxy) is 2. The van der Waals surface area contributed by atoms with Crippen molar-refractivity contribution in [2.24, 2.45) is 0 Å². The second-order valence-corrected chi connectivity index (χ2v) is 4.66. The molecule has 0 spiro atoms. The number of anilines is 1. The van der Waals surface area contributed by atoms with E-state index >= 15 is 0 Å². The molecular formula is C16H18ClNO2. The third-order valence-corrected chi connectivity index (χ3v) is 3.21. The second kappa shape index (κ2) is 7.06. The first-order valence-corrected chi connectivity index (χ1v) is 6.90. The lowest BCUT2D eigenvalue weighted by Crippen LogP contribution is -2.01. The largest absolute Gasteiger partial charge is 0.493 e. The third kappa shape index (κ3) is 3.58. The molecule has 20 heavy (non-hydrogen) atoms. The molecule has 0 unspecified atom stereocenters. The minimum Gasteiger partial charge on any atom is -0.493 e. The Hall–Kier alpha value is -1.87. The topological polar surface area (TPSA) is 30.5 Å². The average Bonchev–Trinajstić information content (AvgIpc) is 2.48. The Balaban J connectivity index is 2.08. The highest BCUT2D eigenvalue weighted by molar-refractivity contribution is 6.33. The summed E-state index contributed by atoms with van der Waals surface area (Å²) in [7, 11) is 1.64. The van der Waals surface area contributed by atoms with Crippen LogP contribution in [0.25, 0.3) is 0 Å². The molecule has 3 nitrogen and oxygen atoms in total. The van der Waals surface area contributed by atoms with Crippen LogP contribution in [0.4, 0.5) is 5.69 Å². The Kier molecular flexibility index (Phi) is 5.13. The van der Waals surface area contributed by atoms with E-state index in [9.17, 15) is 0 Å². The van der Waals surface area contributed by atoms with Gasteiger partial charge < -0.3 is 14.8 Å². The number of rotatable bonds is 6. The highest BCUT2D eigenvalue weighted by atomic mass is 35.5. The van der Waals surface area contributed by atoms with Crippen molar-refractivity contribution in [3.05, 3.63) is 53.1 Å². The molecule has 0 bridgehead atoms. The molecule has 0 saturated carbocycles. The van der Waals surface area contributed by atoms with Crippen LogP contribution in [0.2, 0.25) is 5.02 Å². The summed E-state index contributed by atoms with van der Waals surface area (Å²) < 4.78 is 10.8. The van der Waals surface area contributed by atoms with E-state index in [1.54, 1.807) is 7.11 Å². The van der Waals surface area contributed by atoms with Gasteiger partial charge in [0.2, 0.25) is 0 Å². The van der Waals surface area contributed by atoms with Gasteiger partial charge in [-0.25, -0.2) is 0 Å². The Labute approximate surface area is 124 Å². The summed E-state index contributed by atoms with van der Waals surface area (Å²) in [5.41, 5.74) is 2.02. The van der Waals surface area contributed by atoms with Crippen LogP contribution in [0.15, 0.2) is 42.5 Å². The molecule has 2 aromatic carbocycles. The molecule has 0 aliphatic heterocycles.